The Bertz CT molecular complexity index is 677. The standard InChI is InChI=1S/C19H22ClN3O/c1-24-18-8-2-15(3-9-18)14-19(23-12-10-21-11-13-23)22-17-6-4-16(20)5-7-17/h2-9,21H,10-14H2,1H3. The number of nitrogens with one attached hydrogen (secondary N) is 1. The van der Waals surface area contributed by atoms with Gasteiger partial charge in [0.1, 0.15) is 11.6 Å². The summed E-state index contributed by atoms with van der Waals surface area (Å²) in [5, 5.41) is 4.12. The highest BCUT2D eigenvalue weighted by Crippen LogP contribution is 2.19. The second kappa shape index (κ2) is 8.18. The van der Waals surface area contributed by atoms with Crippen molar-refractivity contribution in [3.63, 3.8) is 0 Å². The van der Waals surface area contributed by atoms with Crippen molar-refractivity contribution in [2.45, 2.75) is 6.42 Å². The minimum absolute atomic E-state index is 0.729. The molecule has 0 aromatic heterocycles. The maximum atomic E-state index is 5.98. The van der Waals surface area contributed by atoms with E-state index in [1.165, 1.54) is 5.56 Å². The summed E-state index contributed by atoms with van der Waals surface area (Å²) in [5.74, 6) is 1.96. The molecule has 1 aliphatic rings. The molecule has 1 aliphatic heterocycles. The SMILES string of the molecule is COc1ccc(CC(=Nc2ccc(Cl)cc2)N2CCNCC2)cc1. The van der Waals surface area contributed by atoms with Crippen LogP contribution in [0.3, 0.4) is 0 Å². The van der Waals surface area contributed by atoms with Crippen molar-refractivity contribution in [1.82, 2.24) is 10.2 Å². The normalized spacial score (nSPS) is 15.4. The fraction of sp³-hybridized carbons (Fsp3) is 0.316. The summed E-state index contributed by atoms with van der Waals surface area (Å²) < 4.78 is 5.24. The highest BCUT2D eigenvalue weighted by atomic mass is 35.5. The van der Waals surface area contributed by atoms with E-state index >= 15 is 0 Å². The van der Waals surface area contributed by atoms with Gasteiger partial charge in [0.05, 0.1) is 12.8 Å². The number of nitrogens with zero attached hydrogens (tertiary/aromatic N) is 2. The number of halogens is 1. The van der Waals surface area contributed by atoms with Gasteiger partial charge in [0.25, 0.3) is 0 Å². The van der Waals surface area contributed by atoms with Gasteiger partial charge in [-0.25, -0.2) is 4.99 Å². The molecule has 126 valence electrons. The Balaban J connectivity index is 1.84. The van der Waals surface area contributed by atoms with Crippen LogP contribution in [0.15, 0.2) is 53.5 Å². The minimum atomic E-state index is 0.729. The fourth-order valence-electron chi connectivity index (χ4n) is 2.74. The van der Waals surface area contributed by atoms with Gasteiger partial charge in [-0.3, -0.25) is 0 Å². The van der Waals surface area contributed by atoms with E-state index in [0.29, 0.717) is 0 Å². The van der Waals surface area contributed by atoms with E-state index in [1.807, 2.05) is 36.4 Å². The van der Waals surface area contributed by atoms with E-state index in [4.69, 9.17) is 21.3 Å². The van der Waals surface area contributed by atoms with Gasteiger partial charge in [0.15, 0.2) is 0 Å². The van der Waals surface area contributed by atoms with Gasteiger partial charge in [0.2, 0.25) is 0 Å². The van der Waals surface area contributed by atoms with Gasteiger partial charge in [-0.05, 0) is 42.0 Å². The van der Waals surface area contributed by atoms with Crippen LogP contribution in [0.5, 0.6) is 5.75 Å². The van der Waals surface area contributed by atoms with Crippen molar-refractivity contribution in [3.8, 4) is 5.75 Å². The van der Waals surface area contributed by atoms with E-state index in [2.05, 4.69) is 22.3 Å². The summed E-state index contributed by atoms with van der Waals surface area (Å²) in [6.45, 7) is 3.93. The maximum Gasteiger partial charge on any atom is 0.118 e. The van der Waals surface area contributed by atoms with E-state index in [0.717, 1.165) is 54.9 Å². The van der Waals surface area contributed by atoms with Crippen LogP contribution in [0.2, 0.25) is 5.02 Å². The maximum absolute atomic E-state index is 5.98. The number of rotatable bonds is 4. The molecule has 3 rings (SSSR count). The molecule has 0 radical (unpaired) electrons. The molecule has 4 nitrogen and oxygen atoms in total. The Hall–Kier alpha value is -2.04. The first-order valence-electron chi connectivity index (χ1n) is 8.16. The molecule has 1 N–H and O–H groups in total. The third-order valence-electron chi connectivity index (χ3n) is 4.09. The lowest BCUT2D eigenvalue weighted by Crippen LogP contribution is -2.47. The highest BCUT2D eigenvalue weighted by molar-refractivity contribution is 6.30. The van der Waals surface area contributed by atoms with Gasteiger partial charge in [0, 0.05) is 37.6 Å². The Morgan fingerprint density at radius 1 is 1.08 bits per heavy atom. The van der Waals surface area contributed by atoms with Crippen molar-refractivity contribution in [1.29, 1.82) is 0 Å². The minimum Gasteiger partial charge on any atom is -0.497 e. The Morgan fingerprint density at radius 2 is 1.75 bits per heavy atom. The van der Waals surface area contributed by atoms with Crippen LogP contribution in [-0.2, 0) is 6.42 Å². The van der Waals surface area contributed by atoms with Gasteiger partial charge >= 0.3 is 0 Å². The summed E-state index contributed by atoms with van der Waals surface area (Å²) in [6.07, 6.45) is 0.798. The van der Waals surface area contributed by atoms with Crippen LogP contribution in [0.4, 0.5) is 5.69 Å². The molecular weight excluding hydrogens is 322 g/mol. The average molecular weight is 344 g/mol. The van der Waals surface area contributed by atoms with Gasteiger partial charge in [-0.2, -0.15) is 0 Å². The largest absolute Gasteiger partial charge is 0.497 e. The predicted molar refractivity (Wildman–Crippen MR) is 99.7 cm³/mol. The molecular formula is C19H22ClN3O. The molecule has 0 amide bonds. The van der Waals surface area contributed by atoms with Gasteiger partial charge < -0.3 is 15.0 Å². The molecule has 0 atom stereocenters. The van der Waals surface area contributed by atoms with E-state index < -0.39 is 0 Å². The molecule has 0 spiro atoms. The Morgan fingerprint density at radius 3 is 2.38 bits per heavy atom. The Kier molecular flexibility index (Phi) is 5.72. The number of piperazine rings is 1. The van der Waals surface area contributed by atoms with E-state index in [9.17, 15) is 0 Å². The lowest BCUT2D eigenvalue weighted by atomic mass is 10.1. The Labute approximate surface area is 148 Å². The number of amidine groups is 1. The predicted octanol–water partition coefficient (Wildman–Crippen LogP) is 3.53. The van der Waals surface area contributed by atoms with Crippen LogP contribution in [0.25, 0.3) is 0 Å². The molecule has 1 saturated heterocycles. The summed E-state index contributed by atoms with van der Waals surface area (Å²) >= 11 is 5.98. The lowest BCUT2D eigenvalue weighted by Gasteiger charge is -2.30. The monoisotopic (exact) mass is 343 g/mol. The van der Waals surface area contributed by atoms with Crippen molar-refractivity contribution >= 4 is 23.1 Å². The molecule has 2 aromatic rings. The highest BCUT2D eigenvalue weighted by Gasteiger charge is 2.15. The number of benzene rings is 2. The molecule has 1 fully saturated rings. The van der Waals surface area contributed by atoms with Crippen molar-refractivity contribution in [2.24, 2.45) is 4.99 Å². The first kappa shape index (κ1) is 16.8. The molecule has 0 saturated carbocycles. The number of aliphatic imine (C=N–C) groups is 1. The van der Waals surface area contributed by atoms with Crippen LogP contribution in [-0.4, -0.2) is 44.0 Å². The van der Waals surface area contributed by atoms with Gasteiger partial charge in [-0.1, -0.05) is 23.7 Å². The van der Waals surface area contributed by atoms with Crippen LogP contribution in [0, 0.1) is 0 Å². The first-order chi connectivity index (χ1) is 11.7. The van der Waals surface area contributed by atoms with E-state index in [-0.39, 0.29) is 0 Å². The summed E-state index contributed by atoms with van der Waals surface area (Å²) in [5.41, 5.74) is 2.16. The second-order valence-electron chi connectivity index (χ2n) is 5.77. The zero-order valence-corrected chi connectivity index (χ0v) is 14.6. The molecule has 5 heteroatoms. The van der Waals surface area contributed by atoms with Crippen LogP contribution >= 0.6 is 11.6 Å². The molecule has 2 aromatic carbocycles. The van der Waals surface area contributed by atoms with Crippen LogP contribution in [0.1, 0.15) is 5.56 Å². The fourth-order valence-corrected chi connectivity index (χ4v) is 2.86. The second-order valence-corrected chi connectivity index (χ2v) is 6.20. The summed E-state index contributed by atoms with van der Waals surface area (Å²) in [4.78, 5) is 7.24. The molecule has 24 heavy (non-hydrogen) atoms. The third kappa shape index (κ3) is 4.49. The third-order valence-corrected chi connectivity index (χ3v) is 4.34. The first-order valence-corrected chi connectivity index (χ1v) is 8.54. The van der Waals surface area contributed by atoms with Crippen molar-refractivity contribution < 1.29 is 4.74 Å². The quantitative estimate of drug-likeness (QED) is 0.681. The summed E-state index contributed by atoms with van der Waals surface area (Å²) in [6, 6.07) is 15.8. The smallest absolute Gasteiger partial charge is 0.118 e. The van der Waals surface area contributed by atoms with Crippen molar-refractivity contribution in [2.75, 3.05) is 33.3 Å². The number of hydrogen-bond donors (Lipinski definition) is 1. The zero-order valence-electron chi connectivity index (χ0n) is 13.8. The zero-order chi connectivity index (χ0) is 16.8. The topological polar surface area (TPSA) is 36.9 Å². The molecule has 0 bridgehead atoms. The molecule has 1 heterocycles. The van der Waals surface area contributed by atoms with Crippen molar-refractivity contribution in [3.05, 3.63) is 59.1 Å². The number of methoxy groups -OCH3 is 1. The average Bonchev–Trinajstić information content (AvgIpc) is 2.64. The lowest BCUT2D eigenvalue weighted by molar-refractivity contribution is 0.353. The van der Waals surface area contributed by atoms with E-state index in [1.54, 1.807) is 7.11 Å². The van der Waals surface area contributed by atoms with Crippen LogP contribution < -0.4 is 10.1 Å². The summed E-state index contributed by atoms with van der Waals surface area (Å²) in [7, 11) is 1.68. The van der Waals surface area contributed by atoms with Gasteiger partial charge in [-0.15, -0.1) is 0 Å². The number of ether oxygens (including phenoxy) is 1. The molecule has 0 unspecified atom stereocenters. The number of hydrogen-bond acceptors (Lipinski definition) is 3. The molecule has 0 aliphatic carbocycles.